The molecule has 0 aliphatic heterocycles. The van der Waals surface area contributed by atoms with Gasteiger partial charge in [0, 0.05) is 12.0 Å². The van der Waals surface area contributed by atoms with Gasteiger partial charge in [0.05, 0.1) is 17.8 Å². The molecule has 0 fully saturated rings. The van der Waals surface area contributed by atoms with Crippen molar-refractivity contribution in [3.05, 3.63) is 34.2 Å². The lowest BCUT2D eigenvalue weighted by Crippen LogP contribution is -2.01. The average molecular weight is 259 g/mol. The van der Waals surface area contributed by atoms with Gasteiger partial charge < -0.3 is 10.5 Å². The largest absolute Gasteiger partial charge is 0.497 e. The summed E-state index contributed by atoms with van der Waals surface area (Å²) in [7, 11) is 1.62. The number of benzene rings is 1. The number of methoxy groups -OCH3 is 1. The summed E-state index contributed by atoms with van der Waals surface area (Å²) in [5.41, 5.74) is 7.12. The van der Waals surface area contributed by atoms with E-state index in [2.05, 4.69) is 11.1 Å². The van der Waals surface area contributed by atoms with Crippen molar-refractivity contribution >= 4 is 11.3 Å². The number of rotatable bonds is 4. The normalized spacial score (nSPS) is 10.1. The highest BCUT2D eigenvalue weighted by atomic mass is 32.1. The molecule has 5 heteroatoms. The lowest BCUT2D eigenvalue weighted by Gasteiger charge is -2.02. The number of hydrogen-bond acceptors (Lipinski definition) is 5. The van der Waals surface area contributed by atoms with Crippen LogP contribution in [0, 0.1) is 11.3 Å². The minimum Gasteiger partial charge on any atom is -0.497 e. The van der Waals surface area contributed by atoms with Gasteiger partial charge in [-0.15, -0.1) is 11.3 Å². The summed E-state index contributed by atoms with van der Waals surface area (Å²) in [6.45, 7) is 0.538. The van der Waals surface area contributed by atoms with E-state index >= 15 is 0 Å². The Hall–Kier alpha value is -1.90. The number of ether oxygens (including phenoxy) is 1. The van der Waals surface area contributed by atoms with Crippen molar-refractivity contribution in [2.45, 2.75) is 6.42 Å². The summed E-state index contributed by atoms with van der Waals surface area (Å²) in [6, 6.07) is 9.73. The van der Waals surface area contributed by atoms with Gasteiger partial charge in [0.2, 0.25) is 0 Å². The second kappa shape index (κ2) is 5.63. The second-order valence-electron chi connectivity index (χ2n) is 3.67. The SMILES string of the molecule is COc1cccc(-c2nc(CCN)sc2C#N)c1. The maximum Gasteiger partial charge on any atom is 0.132 e. The Labute approximate surface area is 110 Å². The van der Waals surface area contributed by atoms with Crippen LogP contribution >= 0.6 is 11.3 Å². The molecule has 0 atom stereocenters. The Bertz CT molecular complexity index is 586. The van der Waals surface area contributed by atoms with Crippen molar-refractivity contribution in [2.75, 3.05) is 13.7 Å². The molecule has 0 spiro atoms. The predicted octanol–water partition coefficient (Wildman–Crippen LogP) is 2.19. The molecule has 1 aromatic carbocycles. The molecule has 4 nitrogen and oxygen atoms in total. The summed E-state index contributed by atoms with van der Waals surface area (Å²) in [5, 5.41) is 10.0. The average Bonchev–Trinajstić information content (AvgIpc) is 2.82. The fourth-order valence-electron chi connectivity index (χ4n) is 1.64. The Kier molecular flexibility index (Phi) is 3.92. The third kappa shape index (κ3) is 2.50. The van der Waals surface area contributed by atoms with Gasteiger partial charge in [-0.25, -0.2) is 4.98 Å². The standard InChI is InChI=1S/C13H13N3OS/c1-17-10-4-2-3-9(7-10)13-11(8-15)18-12(16-13)5-6-14/h2-4,7H,5-6,14H2,1H3. The number of nitriles is 1. The van der Waals surface area contributed by atoms with Crippen LogP contribution in [0.2, 0.25) is 0 Å². The van der Waals surface area contributed by atoms with Gasteiger partial charge in [-0.2, -0.15) is 5.26 Å². The van der Waals surface area contributed by atoms with Gasteiger partial charge in [-0.3, -0.25) is 0 Å². The molecular weight excluding hydrogens is 246 g/mol. The molecule has 0 amide bonds. The summed E-state index contributed by atoms with van der Waals surface area (Å²) in [6.07, 6.45) is 0.698. The highest BCUT2D eigenvalue weighted by molar-refractivity contribution is 7.12. The van der Waals surface area contributed by atoms with Gasteiger partial charge in [-0.05, 0) is 18.7 Å². The van der Waals surface area contributed by atoms with Crippen molar-refractivity contribution in [1.82, 2.24) is 4.98 Å². The highest BCUT2D eigenvalue weighted by Crippen LogP contribution is 2.29. The first-order chi connectivity index (χ1) is 8.78. The fourth-order valence-corrected chi connectivity index (χ4v) is 2.53. The van der Waals surface area contributed by atoms with Crippen LogP contribution in [0.3, 0.4) is 0 Å². The number of nitrogens with zero attached hydrogens (tertiary/aromatic N) is 2. The second-order valence-corrected chi connectivity index (χ2v) is 4.75. The number of thiazole rings is 1. The third-order valence-corrected chi connectivity index (χ3v) is 3.49. The molecule has 0 aliphatic rings. The zero-order chi connectivity index (χ0) is 13.0. The van der Waals surface area contributed by atoms with Crippen LogP contribution in [-0.2, 0) is 6.42 Å². The van der Waals surface area contributed by atoms with E-state index in [1.165, 1.54) is 11.3 Å². The molecular formula is C13H13N3OS. The molecule has 1 aromatic heterocycles. The summed E-state index contributed by atoms with van der Waals surface area (Å²) in [4.78, 5) is 5.09. The monoisotopic (exact) mass is 259 g/mol. The summed E-state index contributed by atoms with van der Waals surface area (Å²) >= 11 is 1.40. The predicted molar refractivity (Wildman–Crippen MR) is 71.6 cm³/mol. The number of hydrogen-bond donors (Lipinski definition) is 1. The third-order valence-electron chi connectivity index (χ3n) is 2.47. The van der Waals surface area contributed by atoms with Crippen LogP contribution in [0.5, 0.6) is 5.75 Å². The van der Waals surface area contributed by atoms with E-state index in [1.807, 2.05) is 24.3 Å². The lowest BCUT2D eigenvalue weighted by atomic mass is 10.1. The Morgan fingerprint density at radius 1 is 1.50 bits per heavy atom. The first kappa shape index (κ1) is 12.6. The van der Waals surface area contributed by atoms with Crippen LogP contribution in [-0.4, -0.2) is 18.6 Å². The van der Waals surface area contributed by atoms with E-state index in [9.17, 15) is 0 Å². The van der Waals surface area contributed by atoms with Crippen LogP contribution in [0.25, 0.3) is 11.3 Å². The first-order valence-corrected chi connectivity index (χ1v) is 6.34. The molecule has 1 heterocycles. The molecule has 0 saturated heterocycles. The van der Waals surface area contributed by atoms with Crippen LogP contribution < -0.4 is 10.5 Å². The molecule has 92 valence electrons. The zero-order valence-corrected chi connectivity index (χ0v) is 10.8. The Morgan fingerprint density at radius 2 is 2.33 bits per heavy atom. The molecule has 0 radical (unpaired) electrons. The van der Waals surface area contributed by atoms with Crippen LogP contribution in [0.15, 0.2) is 24.3 Å². The van der Waals surface area contributed by atoms with E-state index in [0.717, 1.165) is 16.3 Å². The van der Waals surface area contributed by atoms with E-state index in [-0.39, 0.29) is 0 Å². The summed E-state index contributed by atoms with van der Waals surface area (Å²) < 4.78 is 5.18. The van der Waals surface area contributed by atoms with E-state index < -0.39 is 0 Å². The van der Waals surface area contributed by atoms with Crippen molar-refractivity contribution in [3.63, 3.8) is 0 Å². The molecule has 2 N–H and O–H groups in total. The van der Waals surface area contributed by atoms with Crippen molar-refractivity contribution in [1.29, 1.82) is 5.26 Å². The first-order valence-electron chi connectivity index (χ1n) is 5.52. The van der Waals surface area contributed by atoms with E-state index in [0.29, 0.717) is 23.5 Å². The summed E-state index contributed by atoms with van der Waals surface area (Å²) in [5.74, 6) is 0.754. The quantitative estimate of drug-likeness (QED) is 0.913. The molecule has 0 saturated carbocycles. The Morgan fingerprint density at radius 3 is 3.00 bits per heavy atom. The van der Waals surface area contributed by atoms with Crippen molar-refractivity contribution < 1.29 is 4.74 Å². The molecule has 2 rings (SSSR count). The number of aromatic nitrogens is 1. The van der Waals surface area contributed by atoms with E-state index in [4.69, 9.17) is 15.7 Å². The minimum absolute atomic E-state index is 0.538. The maximum atomic E-state index is 9.15. The van der Waals surface area contributed by atoms with Gasteiger partial charge in [0.25, 0.3) is 0 Å². The van der Waals surface area contributed by atoms with Crippen molar-refractivity contribution in [2.24, 2.45) is 5.73 Å². The van der Waals surface area contributed by atoms with Gasteiger partial charge in [-0.1, -0.05) is 12.1 Å². The molecule has 2 aromatic rings. The maximum absolute atomic E-state index is 9.15. The van der Waals surface area contributed by atoms with E-state index in [1.54, 1.807) is 7.11 Å². The molecule has 0 bridgehead atoms. The molecule has 0 unspecified atom stereocenters. The van der Waals surface area contributed by atoms with Gasteiger partial charge in [0.1, 0.15) is 16.7 Å². The number of nitrogens with two attached hydrogens (primary N) is 1. The highest BCUT2D eigenvalue weighted by Gasteiger charge is 2.12. The molecule has 18 heavy (non-hydrogen) atoms. The zero-order valence-electron chi connectivity index (χ0n) is 10.0. The van der Waals surface area contributed by atoms with Crippen LogP contribution in [0.4, 0.5) is 0 Å². The minimum atomic E-state index is 0.538. The topological polar surface area (TPSA) is 71.9 Å². The van der Waals surface area contributed by atoms with Gasteiger partial charge in [0.15, 0.2) is 0 Å². The lowest BCUT2D eigenvalue weighted by molar-refractivity contribution is 0.415. The smallest absolute Gasteiger partial charge is 0.132 e. The Balaban J connectivity index is 2.45. The van der Waals surface area contributed by atoms with Crippen LogP contribution in [0.1, 0.15) is 9.88 Å². The molecule has 0 aliphatic carbocycles. The van der Waals surface area contributed by atoms with Gasteiger partial charge >= 0.3 is 0 Å². The van der Waals surface area contributed by atoms with Crippen molar-refractivity contribution in [3.8, 4) is 23.1 Å². The fraction of sp³-hybridized carbons (Fsp3) is 0.231.